The lowest BCUT2D eigenvalue weighted by molar-refractivity contribution is -0.120. The molecule has 6 rings (SSSR count). The summed E-state index contributed by atoms with van der Waals surface area (Å²) >= 11 is 0. The zero-order valence-electron chi connectivity index (χ0n) is 22.1. The van der Waals surface area contributed by atoms with Crippen LogP contribution in [0.25, 0.3) is 33.2 Å². The number of aromatic amines is 2. The second-order valence-electron chi connectivity index (χ2n) is 11.3. The SMILES string of the molecule is CC(C)(C)OC(=O)N1CCC[C@H]1C(=O)Nc1ccc2[nH]c(-c3ccc4nc([C@@H]5CCCN5)[nH]c4c3)cc2c1. The van der Waals surface area contributed by atoms with E-state index in [-0.39, 0.29) is 5.91 Å². The summed E-state index contributed by atoms with van der Waals surface area (Å²) in [4.78, 5) is 39.0. The third-order valence-corrected chi connectivity index (χ3v) is 7.27. The predicted molar refractivity (Wildman–Crippen MR) is 148 cm³/mol. The van der Waals surface area contributed by atoms with Crippen molar-refractivity contribution in [3.63, 3.8) is 0 Å². The number of imidazole rings is 1. The van der Waals surface area contributed by atoms with Crippen LogP contribution in [-0.2, 0) is 9.53 Å². The molecule has 0 unspecified atom stereocenters. The number of hydrogen-bond donors (Lipinski definition) is 4. The Labute approximate surface area is 221 Å². The molecule has 4 heterocycles. The molecule has 2 aromatic heterocycles. The quantitative estimate of drug-likeness (QED) is 0.288. The van der Waals surface area contributed by atoms with Crippen LogP contribution in [0.2, 0.25) is 0 Å². The third-order valence-electron chi connectivity index (χ3n) is 7.27. The summed E-state index contributed by atoms with van der Waals surface area (Å²) in [6.45, 7) is 7.04. The molecule has 2 aliphatic heterocycles. The average molecular weight is 515 g/mol. The fourth-order valence-corrected chi connectivity index (χ4v) is 5.45. The summed E-state index contributed by atoms with van der Waals surface area (Å²) in [5.74, 6) is 0.805. The van der Waals surface area contributed by atoms with E-state index in [4.69, 9.17) is 9.72 Å². The van der Waals surface area contributed by atoms with Crippen molar-refractivity contribution in [1.29, 1.82) is 0 Å². The Kier molecular flexibility index (Phi) is 6.10. The minimum Gasteiger partial charge on any atom is -0.444 e. The number of carbonyl (C=O) groups is 2. The van der Waals surface area contributed by atoms with Gasteiger partial charge in [-0.2, -0.15) is 0 Å². The van der Waals surface area contributed by atoms with E-state index in [9.17, 15) is 9.59 Å². The van der Waals surface area contributed by atoms with Crippen LogP contribution in [-0.4, -0.2) is 56.6 Å². The van der Waals surface area contributed by atoms with Crippen molar-refractivity contribution in [1.82, 2.24) is 25.2 Å². The molecule has 198 valence electrons. The first-order valence-electron chi connectivity index (χ1n) is 13.4. The maximum Gasteiger partial charge on any atom is 0.410 e. The number of ether oxygens (including phenoxy) is 1. The molecule has 2 aliphatic rings. The number of aromatic nitrogens is 3. The maximum absolute atomic E-state index is 13.1. The normalized spacial score (nSPS) is 19.9. The van der Waals surface area contributed by atoms with E-state index in [1.54, 1.807) is 0 Å². The van der Waals surface area contributed by atoms with Crippen LogP contribution < -0.4 is 10.6 Å². The number of benzene rings is 2. The number of carbonyl (C=O) groups excluding carboxylic acids is 2. The van der Waals surface area contributed by atoms with E-state index < -0.39 is 17.7 Å². The Morgan fingerprint density at radius 2 is 1.89 bits per heavy atom. The van der Waals surface area contributed by atoms with Gasteiger partial charge in [-0.1, -0.05) is 6.07 Å². The van der Waals surface area contributed by atoms with Crippen LogP contribution in [0.3, 0.4) is 0 Å². The van der Waals surface area contributed by atoms with E-state index >= 15 is 0 Å². The maximum atomic E-state index is 13.1. The topological polar surface area (TPSA) is 115 Å². The van der Waals surface area contributed by atoms with E-state index in [0.717, 1.165) is 58.4 Å². The van der Waals surface area contributed by atoms with Crippen molar-refractivity contribution in [3.8, 4) is 11.3 Å². The van der Waals surface area contributed by atoms with Crippen LogP contribution in [0.15, 0.2) is 42.5 Å². The lowest BCUT2D eigenvalue weighted by Crippen LogP contribution is -2.45. The van der Waals surface area contributed by atoms with Crippen LogP contribution in [0.4, 0.5) is 10.5 Å². The van der Waals surface area contributed by atoms with E-state index in [2.05, 4.69) is 44.9 Å². The van der Waals surface area contributed by atoms with E-state index in [0.29, 0.717) is 24.7 Å². The molecule has 2 atom stereocenters. The van der Waals surface area contributed by atoms with Crippen LogP contribution >= 0.6 is 0 Å². The fraction of sp³-hybridized carbons (Fsp3) is 0.414. The van der Waals surface area contributed by atoms with Gasteiger partial charge in [-0.25, -0.2) is 9.78 Å². The highest BCUT2D eigenvalue weighted by atomic mass is 16.6. The van der Waals surface area contributed by atoms with Gasteiger partial charge in [0.25, 0.3) is 0 Å². The van der Waals surface area contributed by atoms with Crippen molar-refractivity contribution in [2.45, 2.75) is 64.1 Å². The first-order chi connectivity index (χ1) is 18.2. The first-order valence-corrected chi connectivity index (χ1v) is 13.4. The number of rotatable bonds is 4. The van der Waals surface area contributed by atoms with Crippen LogP contribution in [0, 0.1) is 0 Å². The van der Waals surface area contributed by atoms with Crippen molar-refractivity contribution in [2.24, 2.45) is 0 Å². The molecule has 38 heavy (non-hydrogen) atoms. The first kappa shape index (κ1) is 24.5. The summed E-state index contributed by atoms with van der Waals surface area (Å²) in [5, 5.41) is 7.49. The highest BCUT2D eigenvalue weighted by Gasteiger charge is 2.36. The van der Waals surface area contributed by atoms with Gasteiger partial charge in [0, 0.05) is 34.4 Å². The molecule has 0 saturated carbocycles. The molecule has 0 radical (unpaired) electrons. The van der Waals surface area contributed by atoms with E-state index in [1.165, 1.54) is 11.3 Å². The Hall–Kier alpha value is -3.85. The summed E-state index contributed by atoms with van der Waals surface area (Å²) in [5.41, 5.74) is 5.11. The molecule has 0 bridgehead atoms. The number of fused-ring (bicyclic) bond motifs is 2. The number of amides is 2. The van der Waals surface area contributed by atoms with Gasteiger partial charge in [0.05, 0.1) is 17.1 Å². The van der Waals surface area contributed by atoms with Crippen molar-refractivity contribution in [3.05, 3.63) is 48.3 Å². The second-order valence-corrected chi connectivity index (χ2v) is 11.3. The van der Waals surface area contributed by atoms with Gasteiger partial charge in [0.15, 0.2) is 0 Å². The predicted octanol–water partition coefficient (Wildman–Crippen LogP) is 5.47. The molecular formula is C29H34N6O3. The summed E-state index contributed by atoms with van der Waals surface area (Å²) in [6.07, 6.45) is 3.23. The molecule has 9 heteroatoms. The largest absolute Gasteiger partial charge is 0.444 e. The van der Waals surface area contributed by atoms with Gasteiger partial charge in [-0.05, 0) is 89.4 Å². The van der Waals surface area contributed by atoms with Gasteiger partial charge >= 0.3 is 6.09 Å². The van der Waals surface area contributed by atoms with Crippen LogP contribution in [0.5, 0.6) is 0 Å². The van der Waals surface area contributed by atoms with E-state index in [1.807, 2.05) is 39.0 Å². The van der Waals surface area contributed by atoms with Crippen molar-refractivity contribution in [2.75, 3.05) is 18.4 Å². The Balaban J connectivity index is 1.19. The molecule has 4 N–H and O–H groups in total. The smallest absolute Gasteiger partial charge is 0.410 e. The summed E-state index contributed by atoms with van der Waals surface area (Å²) in [6, 6.07) is 13.9. The van der Waals surface area contributed by atoms with Gasteiger partial charge in [-0.15, -0.1) is 0 Å². The fourth-order valence-electron chi connectivity index (χ4n) is 5.45. The monoisotopic (exact) mass is 514 g/mol. The molecule has 9 nitrogen and oxygen atoms in total. The molecule has 2 fully saturated rings. The number of anilines is 1. The second kappa shape index (κ2) is 9.47. The highest BCUT2D eigenvalue weighted by Crippen LogP contribution is 2.30. The minimum atomic E-state index is -0.602. The summed E-state index contributed by atoms with van der Waals surface area (Å²) < 4.78 is 5.50. The molecule has 2 aromatic carbocycles. The van der Waals surface area contributed by atoms with Gasteiger partial charge in [-0.3, -0.25) is 9.69 Å². The lowest BCUT2D eigenvalue weighted by atomic mass is 10.1. The number of nitrogens with zero attached hydrogens (tertiary/aromatic N) is 2. The Bertz CT molecular complexity index is 1510. The van der Waals surface area contributed by atoms with Crippen molar-refractivity contribution < 1.29 is 14.3 Å². The third kappa shape index (κ3) is 4.86. The number of H-pyrrole nitrogens is 2. The molecule has 0 spiro atoms. The van der Waals surface area contributed by atoms with Gasteiger partial charge in [0.1, 0.15) is 17.5 Å². The standard InChI is InChI=1S/C29H34N6O3/c1-29(2,3)38-28(37)35-13-5-7-25(35)27(36)31-19-9-11-20-18(14-19)16-23(32-20)17-8-10-21-24(15-17)34-26(33-21)22-6-4-12-30-22/h8-11,14-16,22,25,30,32H,4-7,12-13H2,1-3H3,(H,31,36)(H,33,34)/t22-,25-/m0/s1. The lowest BCUT2D eigenvalue weighted by Gasteiger charge is -2.28. The molecule has 0 aliphatic carbocycles. The van der Waals surface area contributed by atoms with Crippen LogP contribution in [0.1, 0.15) is 58.3 Å². The molecule has 2 saturated heterocycles. The zero-order chi connectivity index (χ0) is 26.4. The molecule has 2 amide bonds. The number of hydrogen-bond acceptors (Lipinski definition) is 5. The van der Waals surface area contributed by atoms with Crippen molar-refractivity contribution >= 4 is 39.6 Å². The van der Waals surface area contributed by atoms with Gasteiger partial charge in [0.2, 0.25) is 5.91 Å². The number of nitrogens with one attached hydrogen (secondary N) is 4. The van der Waals surface area contributed by atoms with Gasteiger partial charge < -0.3 is 25.3 Å². The molecule has 4 aromatic rings. The minimum absolute atomic E-state index is 0.194. The average Bonchev–Trinajstić information content (AvgIpc) is 3.67. The Morgan fingerprint density at radius 3 is 2.68 bits per heavy atom. The highest BCUT2D eigenvalue weighted by molar-refractivity contribution is 5.99. The molecular weight excluding hydrogens is 480 g/mol. The number of likely N-dealkylation sites (tertiary alicyclic amines) is 1. The zero-order valence-corrected chi connectivity index (χ0v) is 22.1. The Morgan fingerprint density at radius 1 is 1.03 bits per heavy atom. The summed E-state index contributed by atoms with van der Waals surface area (Å²) in [7, 11) is 0.